The molecule has 0 saturated carbocycles. The first-order valence-electron chi connectivity index (χ1n) is 8.56. The summed E-state index contributed by atoms with van der Waals surface area (Å²) in [6.07, 6.45) is -0.296. The zero-order valence-corrected chi connectivity index (χ0v) is 15.3. The van der Waals surface area contributed by atoms with Crippen LogP contribution < -0.4 is 21.8 Å². The van der Waals surface area contributed by atoms with E-state index >= 15 is 0 Å². The Hall–Kier alpha value is -3.56. The number of benzene rings is 1. The highest BCUT2D eigenvalue weighted by atomic mass is 16.5. The Morgan fingerprint density at radius 1 is 1.07 bits per heavy atom. The molecule has 0 fully saturated rings. The maximum Gasteiger partial charge on any atom is 0.311 e. The number of esters is 1. The van der Waals surface area contributed by atoms with Crippen LogP contribution in [0.4, 0.5) is 0 Å². The molecule has 10 heteroatoms. The van der Waals surface area contributed by atoms with Crippen LogP contribution in [0, 0.1) is 0 Å². The Morgan fingerprint density at radius 2 is 1.75 bits per heavy atom. The standard InChI is InChI=1S/C18H22N4O6/c1-2-27-16(25)8-13-17(18(26)22-21-13)12(7-14(19)23)10-3-5-11(6-4-10)28-9-15(20)24/h3-6,12H,2,7-9H2,1H3,(H2,19,23)(H2,20,24)(H2,21,22,26). The predicted molar refractivity (Wildman–Crippen MR) is 98.5 cm³/mol. The van der Waals surface area contributed by atoms with Gasteiger partial charge in [-0.3, -0.25) is 24.3 Å². The van der Waals surface area contributed by atoms with Gasteiger partial charge in [-0.2, -0.15) is 0 Å². The van der Waals surface area contributed by atoms with Gasteiger partial charge in [0.1, 0.15) is 5.75 Å². The minimum Gasteiger partial charge on any atom is -0.484 e. The topological polar surface area (TPSA) is 170 Å². The fourth-order valence-corrected chi connectivity index (χ4v) is 2.81. The van der Waals surface area contributed by atoms with E-state index in [1.807, 2.05) is 0 Å². The lowest BCUT2D eigenvalue weighted by Crippen LogP contribution is -2.22. The maximum atomic E-state index is 12.4. The monoisotopic (exact) mass is 390 g/mol. The van der Waals surface area contributed by atoms with Gasteiger partial charge in [-0.15, -0.1) is 0 Å². The number of aromatic amines is 2. The summed E-state index contributed by atoms with van der Waals surface area (Å²) >= 11 is 0. The van der Waals surface area contributed by atoms with Crippen molar-refractivity contribution in [2.24, 2.45) is 11.5 Å². The van der Waals surface area contributed by atoms with Gasteiger partial charge in [-0.05, 0) is 24.6 Å². The Balaban J connectivity index is 2.35. The summed E-state index contributed by atoms with van der Waals surface area (Å²) in [5.41, 5.74) is 11.1. The molecule has 0 bridgehead atoms. The normalized spacial score (nSPS) is 11.6. The number of amides is 2. The molecule has 150 valence electrons. The van der Waals surface area contributed by atoms with Gasteiger partial charge in [0, 0.05) is 17.9 Å². The first-order valence-corrected chi connectivity index (χ1v) is 8.56. The summed E-state index contributed by atoms with van der Waals surface area (Å²) < 4.78 is 10.1. The Kier molecular flexibility index (Phi) is 6.96. The summed E-state index contributed by atoms with van der Waals surface area (Å²) in [5.74, 6) is -2.01. The van der Waals surface area contributed by atoms with Crippen LogP contribution in [0.25, 0.3) is 0 Å². The van der Waals surface area contributed by atoms with Crippen LogP contribution in [0.2, 0.25) is 0 Å². The van der Waals surface area contributed by atoms with Crippen molar-refractivity contribution in [1.29, 1.82) is 0 Å². The fourth-order valence-electron chi connectivity index (χ4n) is 2.81. The molecule has 2 rings (SSSR count). The van der Waals surface area contributed by atoms with Crippen molar-refractivity contribution < 1.29 is 23.9 Å². The average Bonchev–Trinajstić information content (AvgIpc) is 2.98. The summed E-state index contributed by atoms with van der Waals surface area (Å²) in [5, 5.41) is 5.10. The van der Waals surface area contributed by atoms with E-state index in [4.69, 9.17) is 20.9 Å². The number of nitrogens with one attached hydrogen (secondary N) is 2. The number of hydrogen-bond acceptors (Lipinski definition) is 6. The number of primary amides is 2. The number of H-pyrrole nitrogens is 2. The number of carbonyl (C=O) groups is 3. The molecule has 0 aliphatic rings. The van der Waals surface area contributed by atoms with Gasteiger partial charge < -0.3 is 26.0 Å². The molecule has 0 saturated heterocycles. The maximum absolute atomic E-state index is 12.4. The molecule has 0 spiro atoms. The second kappa shape index (κ2) is 9.40. The molecule has 2 aromatic rings. The fraction of sp³-hybridized carbons (Fsp3) is 0.333. The van der Waals surface area contributed by atoms with Gasteiger partial charge in [0.05, 0.1) is 18.7 Å². The second-order valence-corrected chi connectivity index (χ2v) is 6.00. The number of hydrogen-bond donors (Lipinski definition) is 4. The molecule has 0 radical (unpaired) electrons. The van der Waals surface area contributed by atoms with Crippen LogP contribution >= 0.6 is 0 Å². The highest BCUT2D eigenvalue weighted by molar-refractivity contribution is 5.76. The van der Waals surface area contributed by atoms with Crippen molar-refractivity contribution in [1.82, 2.24) is 10.2 Å². The zero-order chi connectivity index (χ0) is 20.7. The van der Waals surface area contributed by atoms with Crippen molar-refractivity contribution in [2.75, 3.05) is 13.2 Å². The highest BCUT2D eigenvalue weighted by Gasteiger charge is 2.26. The average molecular weight is 390 g/mol. The van der Waals surface area contributed by atoms with Crippen LogP contribution in [0.15, 0.2) is 29.1 Å². The van der Waals surface area contributed by atoms with Gasteiger partial charge in [-0.25, -0.2) is 0 Å². The van der Waals surface area contributed by atoms with Crippen LogP contribution in [0.5, 0.6) is 5.75 Å². The molecule has 1 atom stereocenters. The summed E-state index contributed by atoms with van der Waals surface area (Å²) in [6, 6.07) is 6.45. The van der Waals surface area contributed by atoms with E-state index in [1.54, 1.807) is 31.2 Å². The molecule has 6 N–H and O–H groups in total. The molecule has 0 aliphatic carbocycles. The SMILES string of the molecule is CCOC(=O)Cc1[nH][nH]c(=O)c1C(CC(N)=O)c1ccc(OCC(N)=O)cc1. The summed E-state index contributed by atoms with van der Waals surface area (Å²) in [4.78, 5) is 46.6. The van der Waals surface area contributed by atoms with E-state index in [2.05, 4.69) is 10.2 Å². The van der Waals surface area contributed by atoms with Gasteiger partial charge >= 0.3 is 5.97 Å². The lowest BCUT2D eigenvalue weighted by Gasteiger charge is -2.16. The molecule has 28 heavy (non-hydrogen) atoms. The van der Waals surface area contributed by atoms with E-state index in [1.165, 1.54) is 0 Å². The predicted octanol–water partition coefficient (Wildman–Crippen LogP) is -0.320. The van der Waals surface area contributed by atoms with Crippen molar-refractivity contribution in [3.05, 3.63) is 51.4 Å². The summed E-state index contributed by atoms with van der Waals surface area (Å²) in [6.45, 7) is 1.61. The summed E-state index contributed by atoms with van der Waals surface area (Å²) in [7, 11) is 0. The number of ether oxygens (including phenoxy) is 2. The van der Waals surface area contributed by atoms with E-state index in [0.717, 1.165) is 0 Å². The molecule has 1 aromatic carbocycles. The van der Waals surface area contributed by atoms with Crippen LogP contribution in [-0.2, 0) is 25.5 Å². The van der Waals surface area contributed by atoms with E-state index in [0.29, 0.717) is 17.0 Å². The zero-order valence-electron chi connectivity index (χ0n) is 15.3. The van der Waals surface area contributed by atoms with Crippen LogP contribution in [0.3, 0.4) is 0 Å². The lowest BCUT2D eigenvalue weighted by atomic mass is 9.87. The highest BCUT2D eigenvalue weighted by Crippen LogP contribution is 2.29. The number of carbonyl (C=O) groups excluding carboxylic acids is 3. The molecular formula is C18H22N4O6. The van der Waals surface area contributed by atoms with Crippen molar-refractivity contribution in [3.8, 4) is 5.75 Å². The van der Waals surface area contributed by atoms with Crippen molar-refractivity contribution in [2.45, 2.75) is 25.7 Å². The third-order valence-corrected chi connectivity index (χ3v) is 3.94. The van der Waals surface area contributed by atoms with Crippen molar-refractivity contribution in [3.63, 3.8) is 0 Å². The lowest BCUT2D eigenvalue weighted by molar-refractivity contribution is -0.142. The third kappa shape index (κ3) is 5.47. The molecule has 1 heterocycles. The van der Waals surface area contributed by atoms with E-state index in [9.17, 15) is 19.2 Å². The van der Waals surface area contributed by atoms with Crippen molar-refractivity contribution >= 4 is 17.8 Å². The van der Waals surface area contributed by atoms with Gasteiger partial charge in [0.15, 0.2) is 6.61 Å². The molecule has 0 aliphatic heterocycles. The Labute approximate surface area is 160 Å². The first kappa shape index (κ1) is 20.7. The molecule has 10 nitrogen and oxygen atoms in total. The smallest absolute Gasteiger partial charge is 0.311 e. The quantitative estimate of drug-likeness (QED) is 0.405. The largest absolute Gasteiger partial charge is 0.484 e. The van der Waals surface area contributed by atoms with Gasteiger partial charge in [-0.1, -0.05) is 12.1 Å². The molecule has 1 unspecified atom stereocenters. The number of aromatic nitrogens is 2. The second-order valence-electron chi connectivity index (χ2n) is 6.00. The van der Waals surface area contributed by atoms with Gasteiger partial charge in [0.25, 0.3) is 11.5 Å². The first-order chi connectivity index (χ1) is 13.3. The van der Waals surface area contributed by atoms with E-state index < -0.39 is 29.3 Å². The van der Waals surface area contributed by atoms with Gasteiger partial charge in [0.2, 0.25) is 5.91 Å². The molecule has 2 amide bonds. The number of rotatable bonds is 10. The van der Waals surface area contributed by atoms with Crippen LogP contribution in [0.1, 0.15) is 36.1 Å². The van der Waals surface area contributed by atoms with E-state index in [-0.39, 0.29) is 31.6 Å². The molecule has 1 aromatic heterocycles. The third-order valence-electron chi connectivity index (χ3n) is 3.94. The Morgan fingerprint density at radius 3 is 2.32 bits per heavy atom. The molecular weight excluding hydrogens is 368 g/mol. The minimum absolute atomic E-state index is 0.141. The Bertz CT molecular complexity index is 900. The van der Waals surface area contributed by atoms with Crippen LogP contribution in [-0.4, -0.2) is 41.2 Å². The minimum atomic E-state index is -0.679. The number of nitrogens with two attached hydrogens (primary N) is 2.